The third kappa shape index (κ3) is 3.68. The summed E-state index contributed by atoms with van der Waals surface area (Å²) >= 11 is 0. The topological polar surface area (TPSA) is 109 Å². The molecule has 22 heavy (non-hydrogen) atoms. The first-order valence-electron chi connectivity index (χ1n) is 7.25. The molecule has 0 bridgehead atoms. The molecule has 1 fully saturated rings. The minimum absolute atomic E-state index is 0.0807. The molecule has 128 valence electrons. The van der Waals surface area contributed by atoms with Crippen molar-refractivity contribution in [2.24, 2.45) is 5.16 Å². The molecule has 3 atom stereocenters. The second-order valence-corrected chi connectivity index (χ2v) is 12.1. The smallest absolute Gasteiger partial charge is 0.338 e. The van der Waals surface area contributed by atoms with Crippen molar-refractivity contribution in [2.45, 2.75) is 69.6 Å². The monoisotopic (exact) mass is 333 g/mol. The van der Waals surface area contributed by atoms with E-state index in [1.165, 1.54) is 7.11 Å². The third-order valence-electron chi connectivity index (χ3n) is 4.65. The average molecular weight is 333 g/mol. The van der Waals surface area contributed by atoms with Gasteiger partial charge in [0.1, 0.15) is 6.10 Å². The summed E-state index contributed by atoms with van der Waals surface area (Å²) in [6.07, 6.45) is -2.38. The van der Waals surface area contributed by atoms with Crippen LogP contribution in [0, 0.1) is 0 Å². The van der Waals surface area contributed by atoms with E-state index >= 15 is 0 Å². The molecule has 0 aliphatic heterocycles. The van der Waals surface area contributed by atoms with Gasteiger partial charge in [0, 0.05) is 12.8 Å². The summed E-state index contributed by atoms with van der Waals surface area (Å²) in [6, 6.07) is 0. The molecule has 0 unspecified atom stereocenters. The number of hydrogen-bond acceptors (Lipinski definition) is 7. The Kier molecular flexibility index (Phi) is 5.44. The van der Waals surface area contributed by atoms with E-state index in [1.807, 2.05) is 33.9 Å². The van der Waals surface area contributed by atoms with E-state index < -0.39 is 32.1 Å². The molecule has 0 aromatic heterocycles. The molecular formula is C14H27NO6Si. The second kappa shape index (κ2) is 6.27. The van der Waals surface area contributed by atoms with Crippen LogP contribution in [-0.4, -0.2) is 60.3 Å². The number of carbonyl (C=O) groups excluding carboxylic acids is 1. The van der Waals surface area contributed by atoms with Gasteiger partial charge in [-0.15, -0.1) is 0 Å². The highest BCUT2D eigenvalue weighted by atomic mass is 28.4. The average Bonchev–Trinajstić information content (AvgIpc) is 2.40. The molecule has 0 spiro atoms. The van der Waals surface area contributed by atoms with Crippen LogP contribution in [0.3, 0.4) is 0 Å². The van der Waals surface area contributed by atoms with Crippen LogP contribution in [0.1, 0.15) is 33.6 Å². The van der Waals surface area contributed by atoms with Gasteiger partial charge in [-0.05, 0) is 18.1 Å². The van der Waals surface area contributed by atoms with Crippen molar-refractivity contribution in [3.8, 4) is 0 Å². The van der Waals surface area contributed by atoms with Crippen molar-refractivity contribution >= 4 is 20.0 Å². The van der Waals surface area contributed by atoms with Crippen molar-refractivity contribution in [1.29, 1.82) is 0 Å². The first kappa shape index (κ1) is 19.1. The zero-order valence-corrected chi connectivity index (χ0v) is 15.1. The minimum atomic E-state index is -2.24. The Morgan fingerprint density at radius 3 is 2.36 bits per heavy atom. The lowest BCUT2D eigenvalue weighted by Crippen LogP contribution is -2.58. The van der Waals surface area contributed by atoms with Gasteiger partial charge in [0.05, 0.1) is 18.9 Å². The molecule has 8 heteroatoms. The molecule has 0 heterocycles. The highest BCUT2D eigenvalue weighted by molar-refractivity contribution is 6.74. The number of esters is 1. The first-order chi connectivity index (χ1) is 9.88. The number of ether oxygens (including phenoxy) is 1. The lowest BCUT2D eigenvalue weighted by atomic mass is 9.80. The Hall–Kier alpha value is -0.963. The van der Waals surface area contributed by atoms with E-state index in [2.05, 4.69) is 9.89 Å². The third-order valence-corrected chi connectivity index (χ3v) is 9.16. The van der Waals surface area contributed by atoms with Gasteiger partial charge >= 0.3 is 5.97 Å². The standard InChI is InChI=1S/C14H27NO6Si/c1-13(2,3)22(5,6)21-10-8-14(18,12(17)20-4)7-9(15-19)11(10)16/h10-11,16,18-19H,7-8H2,1-6H3/b15-9+/t10-,11-,14+/m1/s1. The fourth-order valence-corrected chi connectivity index (χ4v) is 3.56. The van der Waals surface area contributed by atoms with Gasteiger partial charge in [-0.1, -0.05) is 25.9 Å². The van der Waals surface area contributed by atoms with Crippen LogP contribution >= 0.6 is 0 Å². The van der Waals surface area contributed by atoms with Crippen LogP contribution in [0.25, 0.3) is 0 Å². The Labute approximate surface area is 132 Å². The number of nitrogens with zero attached hydrogens (tertiary/aromatic N) is 1. The maximum absolute atomic E-state index is 11.8. The Morgan fingerprint density at radius 1 is 1.41 bits per heavy atom. The molecule has 1 aliphatic carbocycles. The summed E-state index contributed by atoms with van der Waals surface area (Å²) in [7, 11) is -1.07. The largest absolute Gasteiger partial charge is 0.467 e. The van der Waals surface area contributed by atoms with Crippen molar-refractivity contribution in [3.05, 3.63) is 0 Å². The number of carbonyl (C=O) groups is 1. The van der Waals surface area contributed by atoms with Crippen molar-refractivity contribution < 1.29 is 29.4 Å². The van der Waals surface area contributed by atoms with Gasteiger partial charge in [-0.25, -0.2) is 4.79 Å². The van der Waals surface area contributed by atoms with Crippen molar-refractivity contribution in [1.82, 2.24) is 0 Å². The van der Waals surface area contributed by atoms with E-state index in [-0.39, 0.29) is 23.6 Å². The SMILES string of the molecule is COC(=O)[C@]1(O)C/C(=N\O)[C@@H](O)[C@H](O[Si](C)(C)C(C)(C)C)C1. The van der Waals surface area contributed by atoms with E-state index in [0.29, 0.717) is 0 Å². The van der Waals surface area contributed by atoms with Gasteiger partial charge in [-0.2, -0.15) is 0 Å². The second-order valence-electron chi connectivity index (χ2n) is 7.36. The minimum Gasteiger partial charge on any atom is -0.467 e. The van der Waals surface area contributed by atoms with Gasteiger partial charge in [0.15, 0.2) is 13.9 Å². The zero-order valence-electron chi connectivity index (χ0n) is 14.1. The van der Waals surface area contributed by atoms with Crippen LogP contribution in [0.5, 0.6) is 0 Å². The van der Waals surface area contributed by atoms with Gasteiger partial charge < -0.3 is 24.6 Å². The maximum Gasteiger partial charge on any atom is 0.338 e. The van der Waals surface area contributed by atoms with Crippen molar-refractivity contribution in [2.75, 3.05) is 7.11 Å². The number of methoxy groups -OCH3 is 1. The Balaban J connectivity index is 3.09. The molecule has 0 aromatic rings. The van der Waals surface area contributed by atoms with Gasteiger partial charge in [0.25, 0.3) is 0 Å². The summed E-state index contributed by atoms with van der Waals surface area (Å²) in [5, 5.41) is 32.7. The molecule has 3 N–H and O–H groups in total. The lowest BCUT2D eigenvalue weighted by Gasteiger charge is -2.44. The normalized spacial score (nSPS) is 32.1. The van der Waals surface area contributed by atoms with Crippen LogP contribution in [0.15, 0.2) is 5.16 Å². The molecule has 1 aliphatic rings. The van der Waals surface area contributed by atoms with E-state index in [1.54, 1.807) is 0 Å². The fourth-order valence-electron chi connectivity index (χ4n) is 2.24. The van der Waals surface area contributed by atoms with Crippen LogP contribution in [0.2, 0.25) is 18.1 Å². The number of hydrogen-bond donors (Lipinski definition) is 3. The molecule has 0 saturated heterocycles. The Morgan fingerprint density at radius 2 is 1.95 bits per heavy atom. The van der Waals surface area contributed by atoms with Gasteiger partial charge in [0.2, 0.25) is 0 Å². The van der Waals surface area contributed by atoms with E-state index in [9.17, 15) is 15.0 Å². The fraction of sp³-hybridized carbons (Fsp3) is 0.857. The summed E-state index contributed by atoms with van der Waals surface area (Å²) in [6.45, 7) is 10.1. The zero-order chi connectivity index (χ0) is 17.3. The van der Waals surface area contributed by atoms with Crippen LogP contribution in [0.4, 0.5) is 0 Å². The summed E-state index contributed by atoms with van der Waals surface area (Å²) < 4.78 is 10.7. The maximum atomic E-state index is 11.8. The molecule has 7 nitrogen and oxygen atoms in total. The molecule has 1 saturated carbocycles. The molecular weight excluding hydrogens is 306 g/mol. The summed E-state index contributed by atoms with van der Waals surface area (Å²) in [5.74, 6) is -0.829. The molecule has 1 rings (SSSR count). The van der Waals surface area contributed by atoms with Gasteiger partial charge in [-0.3, -0.25) is 0 Å². The van der Waals surface area contributed by atoms with Crippen LogP contribution in [-0.2, 0) is 14.0 Å². The summed E-state index contributed by atoms with van der Waals surface area (Å²) in [4.78, 5) is 11.8. The molecule has 0 radical (unpaired) electrons. The Bertz CT molecular complexity index is 459. The van der Waals surface area contributed by atoms with Crippen LogP contribution < -0.4 is 0 Å². The highest BCUT2D eigenvalue weighted by Crippen LogP contribution is 2.40. The van der Waals surface area contributed by atoms with Crippen molar-refractivity contribution in [3.63, 3.8) is 0 Å². The molecule has 0 aromatic carbocycles. The lowest BCUT2D eigenvalue weighted by molar-refractivity contribution is -0.167. The summed E-state index contributed by atoms with van der Waals surface area (Å²) in [5.41, 5.74) is -1.94. The number of aliphatic hydroxyl groups excluding tert-OH is 1. The van der Waals surface area contributed by atoms with E-state index in [4.69, 9.17) is 9.63 Å². The number of oxime groups is 1. The number of aliphatic hydroxyl groups is 2. The number of rotatable bonds is 3. The quantitative estimate of drug-likeness (QED) is 0.311. The van der Waals surface area contributed by atoms with E-state index in [0.717, 1.165) is 0 Å². The molecule has 0 amide bonds. The predicted molar refractivity (Wildman–Crippen MR) is 83.5 cm³/mol. The highest BCUT2D eigenvalue weighted by Gasteiger charge is 2.51. The predicted octanol–water partition coefficient (Wildman–Crippen LogP) is 1.27. The first-order valence-corrected chi connectivity index (χ1v) is 10.2.